The fourth-order valence-corrected chi connectivity index (χ4v) is 3.03. The number of hydrogen-bond acceptors (Lipinski definition) is 5. The summed E-state index contributed by atoms with van der Waals surface area (Å²) in [5.41, 5.74) is 3.08. The van der Waals surface area contributed by atoms with Crippen molar-refractivity contribution in [3.63, 3.8) is 0 Å². The van der Waals surface area contributed by atoms with Gasteiger partial charge in [-0.1, -0.05) is 30.3 Å². The third-order valence-electron chi connectivity index (χ3n) is 4.68. The first kappa shape index (κ1) is 22.8. The van der Waals surface area contributed by atoms with E-state index in [4.69, 9.17) is 13.9 Å². The van der Waals surface area contributed by atoms with Crippen LogP contribution in [-0.2, 0) is 13.0 Å². The SMILES string of the molecule is COc1ccc(CCNCc2ccc(-c3ccc(C(C)O)cc3)o2)cc1OC.Cl. The predicted molar refractivity (Wildman–Crippen MR) is 117 cm³/mol. The summed E-state index contributed by atoms with van der Waals surface area (Å²) in [6.07, 6.45) is 0.422. The number of benzene rings is 2. The Balaban J connectivity index is 0.00000300. The van der Waals surface area contributed by atoms with Crippen molar-refractivity contribution in [2.75, 3.05) is 20.8 Å². The molecule has 1 heterocycles. The summed E-state index contributed by atoms with van der Waals surface area (Å²) in [5.74, 6) is 3.21. The zero-order chi connectivity index (χ0) is 19.9. The second-order valence-corrected chi connectivity index (χ2v) is 6.68. The van der Waals surface area contributed by atoms with Crippen LogP contribution in [0.5, 0.6) is 11.5 Å². The molecule has 0 fully saturated rings. The van der Waals surface area contributed by atoms with Gasteiger partial charge >= 0.3 is 0 Å². The summed E-state index contributed by atoms with van der Waals surface area (Å²) in [7, 11) is 3.28. The van der Waals surface area contributed by atoms with Crippen molar-refractivity contribution < 1.29 is 19.0 Å². The van der Waals surface area contributed by atoms with E-state index in [1.165, 1.54) is 5.56 Å². The van der Waals surface area contributed by atoms with Crippen molar-refractivity contribution in [3.8, 4) is 22.8 Å². The van der Waals surface area contributed by atoms with Gasteiger partial charge in [0.1, 0.15) is 11.5 Å². The Morgan fingerprint density at radius 2 is 1.69 bits per heavy atom. The smallest absolute Gasteiger partial charge is 0.160 e. The van der Waals surface area contributed by atoms with E-state index in [-0.39, 0.29) is 12.4 Å². The molecule has 0 saturated carbocycles. The van der Waals surface area contributed by atoms with Crippen molar-refractivity contribution >= 4 is 12.4 Å². The van der Waals surface area contributed by atoms with E-state index in [1.807, 2.05) is 54.6 Å². The Morgan fingerprint density at radius 3 is 2.34 bits per heavy atom. The molecule has 0 aliphatic heterocycles. The minimum absolute atomic E-state index is 0. The van der Waals surface area contributed by atoms with Gasteiger partial charge in [0.15, 0.2) is 11.5 Å². The van der Waals surface area contributed by atoms with Crippen molar-refractivity contribution in [1.82, 2.24) is 5.32 Å². The van der Waals surface area contributed by atoms with E-state index in [0.717, 1.165) is 47.1 Å². The Kier molecular flexibility index (Phi) is 8.58. The zero-order valence-corrected chi connectivity index (χ0v) is 17.8. The molecule has 1 unspecified atom stereocenters. The van der Waals surface area contributed by atoms with Gasteiger partial charge in [0.2, 0.25) is 0 Å². The van der Waals surface area contributed by atoms with Crippen molar-refractivity contribution in [1.29, 1.82) is 0 Å². The molecule has 0 bridgehead atoms. The molecular formula is C23H28ClNO4. The van der Waals surface area contributed by atoms with Crippen LogP contribution in [0, 0.1) is 0 Å². The maximum absolute atomic E-state index is 9.60. The lowest BCUT2D eigenvalue weighted by atomic mass is 10.1. The van der Waals surface area contributed by atoms with Gasteiger partial charge in [-0.15, -0.1) is 12.4 Å². The molecule has 0 aliphatic rings. The summed E-state index contributed by atoms with van der Waals surface area (Å²) in [6.45, 7) is 3.25. The highest BCUT2D eigenvalue weighted by Crippen LogP contribution is 2.27. The second-order valence-electron chi connectivity index (χ2n) is 6.68. The van der Waals surface area contributed by atoms with Gasteiger partial charge < -0.3 is 24.3 Å². The number of methoxy groups -OCH3 is 2. The van der Waals surface area contributed by atoms with Crippen molar-refractivity contribution in [2.24, 2.45) is 0 Å². The number of rotatable bonds is 9. The molecule has 3 aromatic rings. The molecule has 1 aromatic heterocycles. The molecule has 29 heavy (non-hydrogen) atoms. The summed E-state index contributed by atoms with van der Waals surface area (Å²) < 4.78 is 16.5. The van der Waals surface area contributed by atoms with Gasteiger partial charge in [-0.25, -0.2) is 0 Å². The van der Waals surface area contributed by atoms with Gasteiger partial charge in [-0.2, -0.15) is 0 Å². The summed E-state index contributed by atoms with van der Waals surface area (Å²) >= 11 is 0. The summed E-state index contributed by atoms with van der Waals surface area (Å²) in [5, 5.41) is 13.0. The fourth-order valence-electron chi connectivity index (χ4n) is 3.03. The second kappa shape index (κ2) is 10.9. The van der Waals surface area contributed by atoms with Crippen LogP contribution in [0.25, 0.3) is 11.3 Å². The molecule has 2 N–H and O–H groups in total. The van der Waals surface area contributed by atoms with Crippen LogP contribution >= 0.6 is 12.4 Å². The average Bonchev–Trinajstić information content (AvgIpc) is 3.20. The highest BCUT2D eigenvalue weighted by atomic mass is 35.5. The topological polar surface area (TPSA) is 63.9 Å². The lowest BCUT2D eigenvalue weighted by Crippen LogP contribution is -2.16. The predicted octanol–water partition coefficient (Wildman–Crippen LogP) is 4.77. The third-order valence-corrected chi connectivity index (χ3v) is 4.68. The van der Waals surface area contributed by atoms with Gasteiger partial charge in [-0.05, 0) is 55.3 Å². The minimum atomic E-state index is -0.462. The van der Waals surface area contributed by atoms with E-state index < -0.39 is 6.10 Å². The van der Waals surface area contributed by atoms with Crippen LogP contribution in [0.2, 0.25) is 0 Å². The lowest BCUT2D eigenvalue weighted by molar-refractivity contribution is 0.199. The van der Waals surface area contributed by atoms with Crippen LogP contribution in [0.4, 0.5) is 0 Å². The number of nitrogens with one attached hydrogen (secondary N) is 1. The van der Waals surface area contributed by atoms with Crippen molar-refractivity contribution in [2.45, 2.75) is 26.0 Å². The van der Waals surface area contributed by atoms with Crippen LogP contribution in [0.15, 0.2) is 59.0 Å². The van der Waals surface area contributed by atoms with Gasteiger partial charge in [0.05, 0.1) is 26.9 Å². The molecule has 2 aromatic carbocycles. The van der Waals surface area contributed by atoms with Crippen molar-refractivity contribution in [3.05, 3.63) is 71.5 Å². The third kappa shape index (κ3) is 6.00. The number of furan rings is 1. The van der Waals surface area contributed by atoms with Crippen LogP contribution in [0.1, 0.15) is 29.9 Å². The molecule has 0 spiro atoms. The quantitative estimate of drug-likeness (QED) is 0.491. The number of hydrogen-bond donors (Lipinski definition) is 2. The highest BCUT2D eigenvalue weighted by Gasteiger charge is 2.07. The first-order valence-corrected chi connectivity index (χ1v) is 9.39. The van der Waals surface area contributed by atoms with Crippen LogP contribution in [-0.4, -0.2) is 25.9 Å². The Labute approximate surface area is 178 Å². The molecule has 5 nitrogen and oxygen atoms in total. The normalized spacial score (nSPS) is 11.6. The van der Waals surface area contributed by atoms with Crippen LogP contribution in [0.3, 0.4) is 0 Å². The molecule has 6 heteroatoms. The summed E-state index contributed by atoms with van der Waals surface area (Å²) in [6, 6.07) is 17.7. The molecule has 0 saturated heterocycles. The van der Waals surface area contributed by atoms with Gasteiger partial charge in [0, 0.05) is 5.56 Å². The molecule has 1 atom stereocenters. The minimum Gasteiger partial charge on any atom is -0.493 e. The van der Waals surface area contributed by atoms with E-state index >= 15 is 0 Å². The molecular weight excluding hydrogens is 390 g/mol. The number of aliphatic hydroxyl groups is 1. The summed E-state index contributed by atoms with van der Waals surface area (Å²) in [4.78, 5) is 0. The number of halogens is 1. The highest BCUT2D eigenvalue weighted by molar-refractivity contribution is 5.85. The van der Waals surface area contributed by atoms with E-state index in [2.05, 4.69) is 5.32 Å². The largest absolute Gasteiger partial charge is 0.493 e. The average molecular weight is 418 g/mol. The first-order valence-electron chi connectivity index (χ1n) is 9.39. The number of ether oxygens (including phenoxy) is 2. The van der Waals surface area contributed by atoms with Gasteiger partial charge in [0.25, 0.3) is 0 Å². The standard InChI is InChI=1S/C23H27NO4.ClH/c1-16(25)18-5-7-19(8-6-18)21-11-9-20(28-21)15-24-13-12-17-4-10-22(26-2)23(14-17)27-3;/h4-11,14,16,24-25H,12-13,15H2,1-3H3;1H. The van der Waals surface area contributed by atoms with Gasteiger partial charge in [-0.3, -0.25) is 0 Å². The Morgan fingerprint density at radius 1 is 0.966 bits per heavy atom. The monoisotopic (exact) mass is 417 g/mol. The maximum atomic E-state index is 9.60. The van der Waals surface area contributed by atoms with E-state index in [1.54, 1.807) is 21.1 Å². The Hall–Kier alpha value is -2.47. The molecule has 0 amide bonds. The molecule has 156 valence electrons. The van der Waals surface area contributed by atoms with Crippen LogP contribution < -0.4 is 14.8 Å². The zero-order valence-electron chi connectivity index (χ0n) is 17.0. The molecule has 0 aliphatic carbocycles. The number of aliphatic hydroxyl groups excluding tert-OH is 1. The molecule has 3 rings (SSSR count). The lowest BCUT2D eigenvalue weighted by Gasteiger charge is -2.09. The molecule has 0 radical (unpaired) electrons. The van der Waals surface area contributed by atoms with E-state index in [9.17, 15) is 5.11 Å². The van der Waals surface area contributed by atoms with E-state index in [0.29, 0.717) is 6.54 Å². The maximum Gasteiger partial charge on any atom is 0.160 e. The fraction of sp³-hybridized carbons (Fsp3) is 0.304. The first-order chi connectivity index (χ1) is 13.6. The Bertz CT molecular complexity index is 890.